The first-order valence-electron chi connectivity index (χ1n) is 12.7. The lowest BCUT2D eigenvalue weighted by Gasteiger charge is -2.21. The number of carbonyl (C=O) groups is 1. The highest BCUT2D eigenvalue weighted by Gasteiger charge is 2.53. The Morgan fingerprint density at radius 1 is 1.03 bits per heavy atom. The highest BCUT2D eigenvalue weighted by atomic mass is 35.5. The Hall–Kier alpha value is -2.99. The van der Waals surface area contributed by atoms with Gasteiger partial charge in [0.2, 0.25) is 5.56 Å². The molecule has 39 heavy (non-hydrogen) atoms. The maximum Gasteiger partial charge on any atom is 0.337 e. The summed E-state index contributed by atoms with van der Waals surface area (Å²) in [6.45, 7) is 6.22. The summed E-state index contributed by atoms with van der Waals surface area (Å²) in [4.78, 5) is 11.8. The van der Waals surface area contributed by atoms with E-state index in [0.29, 0.717) is 43.9 Å². The monoisotopic (exact) mass is 583 g/mol. The van der Waals surface area contributed by atoms with E-state index in [1.165, 1.54) is 7.11 Å². The zero-order valence-electron chi connectivity index (χ0n) is 22.0. The summed E-state index contributed by atoms with van der Waals surface area (Å²) in [6, 6.07) is 20.8. The van der Waals surface area contributed by atoms with Gasteiger partial charge in [-0.25, -0.2) is 4.79 Å². The second-order valence-corrected chi connectivity index (χ2v) is 11.5. The van der Waals surface area contributed by atoms with Gasteiger partial charge >= 0.3 is 5.97 Å². The Kier molecular flexibility index (Phi) is 7.69. The Morgan fingerprint density at radius 2 is 1.69 bits per heavy atom. The molecule has 5 nitrogen and oxygen atoms in total. The molecule has 3 aromatic carbocycles. The van der Waals surface area contributed by atoms with E-state index in [1.54, 1.807) is 30.3 Å². The quantitative estimate of drug-likeness (QED) is 0.152. The molecule has 4 aromatic rings. The van der Waals surface area contributed by atoms with E-state index in [9.17, 15) is 4.79 Å². The second kappa shape index (κ2) is 10.9. The Labute approximate surface area is 243 Å². The van der Waals surface area contributed by atoms with Gasteiger partial charge in [0, 0.05) is 22.5 Å². The number of ether oxygens (including phenoxy) is 2. The van der Waals surface area contributed by atoms with Gasteiger partial charge in [-0.2, -0.15) is 0 Å². The predicted octanol–water partition coefficient (Wildman–Crippen LogP) is 9.32. The molecule has 3 atom stereocenters. The lowest BCUT2D eigenvalue weighted by atomic mass is 9.91. The molecule has 1 fully saturated rings. The fourth-order valence-corrected chi connectivity index (χ4v) is 6.06. The Balaban J connectivity index is 1.47. The van der Waals surface area contributed by atoms with Crippen LogP contribution in [-0.2, 0) is 10.2 Å². The van der Waals surface area contributed by atoms with Crippen LogP contribution in [-0.4, -0.2) is 18.2 Å². The third-order valence-corrected chi connectivity index (χ3v) is 8.35. The molecule has 0 amide bonds. The topological polar surface area (TPSA) is 61.6 Å². The van der Waals surface area contributed by atoms with Crippen LogP contribution in [0.4, 0.5) is 0 Å². The van der Waals surface area contributed by atoms with Crippen molar-refractivity contribution >= 4 is 40.8 Å². The van der Waals surface area contributed by atoms with Gasteiger partial charge in [0.25, 0.3) is 0 Å². The van der Waals surface area contributed by atoms with Gasteiger partial charge in [-0.15, -0.1) is 0 Å². The fourth-order valence-electron chi connectivity index (χ4n) is 5.18. The molecule has 5 rings (SSSR count). The van der Waals surface area contributed by atoms with Crippen LogP contribution in [0, 0.1) is 0 Å². The molecule has 1 aliphatic rings. The first kappa shape index (κ1) is 27.6. The molecule has 0 radical (unpaired) electrons. The minimum atomic E-state index is -0.905. The van der Waals surface area contributed by atoms with Crippen molar-refractivity contribution in [2.45, 2.75) is 50.0 Å². The molecule has 0 N–H and O–H groups in total. The van der Waals surface area contributed by atoms with Crippen LogP contribution in [0.2, 0.25) is 10.0 Å². The molecular formula is C31H28Cl3NO4. The van der Waals surface area contributed by atoms with Crippen LogP contribution in [0.3, 0.4) is 0 Å². The molecule has 202 valence electrons. The average Bonchev–Trinajstić information content (AvgIpc) is 3.42. The second-order valence-electron chi connectivity index (χ2n) is 10.3. The molecule has 0 spiro atoms. The van der Waals surface area contributed by atoms with Gasteiger partial charge in [-0.3, -0.25) is 0 Å². The maximum absolute atomic E-state index is 11.8. The number of benzene rings is 3. The summed E-state index contributed by atoms with van der Waals surface area (Å²) in [6.07, 6.45) is 0.933. The molecular weight excluding hydrogens is 557 g/mol. The Morgan fingerprint density at radius 3 is 2.33 bits per heavy atom. The van der Waals surface area contributed by atoms with Crippen LogP contribution in [0.1, 0.15) is 77.4 Å². The molecule has 1 saturated carbocycles. The summed E-state index contributed by atoms with van der Waals surface area (Å²) in [5.41, 5.74) is 3.29. The zero-order valence-corrected chi connectivity index (χ0v) is 24.3. The predicted molar refractivity (Wildman–Crippen MR) is 154 cm³/mol. The van der Waals surface area contributed by atoms with Crippen molar-refractivity contribution in [3.8, 4) is 17.0 Å². The number of halogens is 3. The minimum absolute atomic E-state index is 0.000832. The van der Waals surface area contributed by atoms with Crippen molar-refractivity contribution in [3.05, 3.63) is 105 Å². The number of methoxy groups -OCH3 is 1. The van der Waals surface area contributed by atoms with E-state index in [2.05, 4.69) is 18.1 Å². The molecule has 3 unspecified atom stereocenters. The largest absolute Gasteiger partial charge is 0.470 e. The number of carbonyl (C=O) groups excluding carboxylic acids is 1. The van der Waals surface area contributed by atoms with Crippen molar-refractivity contribution in [1.82, 2.24) is 5.16 Å². The lowest BCUT2D eigenvalue weighted by Crippen LogP contribution is -2.11. The molecule has 0 bridgehead atoms. The number of rotatable bonds is 8. The minimum Gasteiger partial charge on any atom is -0.470 e. The highest BCUT2D eigenvalue weighted by Crippen LogP contribution is 2.62. The first-order chi connectivity index (χ1) is 18.7. The number of hydrogen-bond donors (Lipinski definition) is 0. The lowest BCUT2D eigenvalue weighted by molar-refractivity contribution is 0.0600. The van der Waals surface area contributed by atoms with Crippen LogP contribution in [0.5, 0.6) is 5.75 Å². The summed E-state index contributed by atoms with van der Waals surface area (Å²) in [7, 11) is 1.38. The molecule has 1 aliphatic carbocycles. The molecule has 0 aliphatic heterocycles. The normalized spacial score (nSPS) is 19.1. The molecule has 0 saturated heterocycles. The van der Waals surface area contributed by atoms with Gasteiger partial charge in [0.1, 0.15) is 17.2 Å². The van der Waals surface area contributed by atoms with E-state index < -0.39 is 5.56 Å². The van der Waals surface area contributed by atoms with E-state index in [-0.39, 0.29) is 23.2 Å². The SMILES string of the molecule is COC(=O)c1ccc(C2CC2(C)c2ccccc2OC(Cl)c2c(-c3c(Cl)cccc3Cl)noc2C(C)C)cc1. The standard InChI is InChI=1S/C31H28Cl3NO4/c1-17(2)28-26(27(35-39-28)25-22(32)9-7-10-23(25)33)29(34)38-24-11-6-5-8-20(24)31(3)16-21(31)18-12-14-19(15-13-18)30(36)37-4/h5-15,17,21,29H,16H2,1-4H3. The molecule has 1 aromatic heterocycles. The van der Waals surface area contributed by atoms with Crippen LogP contribution < -0.4 is 4.74 Å². The van der Waals surface area contributed by atoms with Gasteiger partial charge in [0.15, 0.2) is 0 Å². The van der Waals surface area contributed by atoms with Gasteiger partial charge in [-0.1, -0.05) is 97.1 Å². The van der Waals surface area contributed by atoms with Gasteiger partial charge in [-0.05, 0) is 48.2 Å². The Bertz CT molecular complexity index is 1490. The van der Waals surface area contributed by atoms with Crippen LogP contribution in [0.15, 0.2) is 71.3 Å². The molecule has 1 heterocycles. The molecule has 8 heteroatoms. The summed E-state index contributed by atoms with van der Waals surface area (Å²) in [5.74, 6) is 1.21. The van der Waals surface area contributed by atoms with Crippen molar-refractivity contribution in [2.75, 3.05) is 7.11 Å². The summed E-state index contributed by atoms with van der Waals surface area (Å²) in [5, 5.41) is 5.21. The van der Waals surface area contributed by atoms with Crippen molar-refractivity contribution in [2.24, 2.45) is 0 Å². The number of nitrogens with zero attached hydrogens (tertiary/aromatic N) is 1. The number of alkyl halides is 1. The van der Waals surface area contributed by atoms with E-state index in [0.717, 1.165) is 17.5 Å². The zero-order chi connectivity index (χ0) is 27.9. The number of hydrogen-bond acceptors (Lipinski definition) is 5. The van der Waals surface area contributed by atoms with Crippen LogP contribution in [0.25, 0.3) is 11.3 Å². The van der Waals surface area contributed by atoms with Crippen molar-refractivity contribution < 1.29 is 18.8 Å². The average molecular weight is 585 g/mol. The van der Waals surface area contributed by atoms with Crippen LogP contribution >= 0.6 is 34.8 Å². The van der Waals surface area contributed by atoms with E-state index in [4.69, 9.17) is 48.8 Å². The number of esters is 1. The van der Waals surface area contributed by atoms with Crippen molar-refractivity contribution in [1.29, 1.82) is 0 Å². The van der Waals surface area contributed by atoms with E-state index >= 15 is 0 Å². The third-order valence-electron chi connectivity index (χ3n) is 7.41. The number of aromatic nitrogens is 1. The van der Waals surface area contributed by atoms with E-state index in [1.807, 2.05) is 44.2 Å². The maximum atomic E-state index is 11.8. The summed E-state index contributed by atoms with van der Waals surface area (Å²) >= 11 is 20.0. The third kappa shape index (κ3) is 5.16. The van der Waals surface area contributed by atoms with Gasteiger partial charge in [0.05, 0.1) is 28.3 Å². The smallest absolute Gasteiger partial charge is 0.337 e. The highest BCUT2D eigenvalue weighted by molar-refractivity contribution is 6.39. The fraction of sp³-hybridized carbons (Fsp3) is 0.290. The summed E-state index contributed by atoms with van der Waals surface area (Å²) < 4.78 is 17.0. The van der Waals surface area contributed by atoms with Gasteiger partial charge < -0.3 is 14.0 Å². The van der Waals surface area contributed by atoms with Crippen molar-refractivity contribution in [3.63, 3.8) is 0 Å². The number of para-hydroxylation sites is 1. The first-order valence-corrected chi connectivity index (χ1v) is 13.9.